The first-order valence-electron chi connectivity index (χ1n) is 8.91. The molecule has 0 aliphatic carbocycles. The number of anilines is 1. The van der Waals surface area contributed by atoms with Gasteiger partial charge in [0, 0.05) is 38.2 Å². The van der Waals surface area contributed by atoms with Gasteiger partial charge in [-0.05, 0) is 24.3 Å². The molecule has 0 radical (unpaired) electrons. The lowest BCUT2D eigenvalue weighted by molar-refractivity contribution is -0.137. The number of likely N-dealkylation sites (N-methyl/N-ethyl adjacent to an activating group) is 1. The van der Waals surface area contributed by atoms with Gasteiger partial charge >= 0.3 is 0 Å². The van der Waals surface area contributed by atoms with Crippen molar-refractivity contribution in [1.29, 1.82) is 0 Å². The maximum atomic E-state index is 12.1. The van der Waals surface area contributed by atoms with Gasteiger partial charge in [0.1, 0.15) is 11.8 Å². The molecule has 1 aliphatic heterocycles. The van der Waals surface area contributed by atoms with E-state index in [1.165, 1.54) is 11.2 Å². The topological polar surface area (TPSA) is 91.2 Å². The van der Waals surface area contributed by atoms with Crippen molar-refractivity contribution >= 4 is 22.8 Å². The van der Waals surface area contributed by atoms with E-state index in [4.69, 9.17) is 0 Å². The highest BCUT2D eigenvalue weighted by Gasteiger charge is 2.42. The van der Waals surface area contributed by atoms with Crippen molar-refractivity contribution in [3.05, 3.63) is 48.3 Å². The summed E-state index contributed by atoms with van der Waals surface area (Å²) in [7, 11) is 3.45. The Morgan fingerprint density at radius 3 is 2.86 bits per heavy atom. The number of pyridine rings is 1. The van der Waals surface area contributed by atoms with Gasteiger partial charge in [-0.3, -0.25) is 4.79 Å². The minimum atomic E-state index is -1.61. The first-order chi connectivity index (χ1) is 13.5. The predicted molar refractivity (Wildman–Crippen MR) is 106 cm³/mol. The number of nitrogens with zero attached hydrogens (tertiary/aromatic N) is 4. The first kappa shape index (κ1) is 17.9. The SMILES string of the molecule is CNc1ncnc2ccc(-c3cccc(C#C[C@]4(O)CCN(C)C4=O)c3)nc12. The second-order valence-corrected chi connectivity index (χ2v) is 6.70. The molecular weight excluding hydrogens is 354 g/mol. The molecule has 1 fully saturated rings. The lowest BCUT2D eigenvalue weighted by Gasteiger charge is -2.13. The molecule has 2 N–H and O–H groups in total. The largest absolute Gasteiger partial charge is 0.371 e. The van der Waals surface area contributed by atoms with Crippen molar-refractivity contribution in [3.8, 4) is 23.1 Å². The van der Waals surface area contributed by atoms with Gasteiger partial charge < -0.3 is 15.3 Å². The summed E-state index contributed by atoms with van der Waals surface area (Å²) in [5.41, 5.74) is 2.18. The molecular formula is C21H19N5O2. The Hall–Kier alpha value is -3.50. The molecule has 7 nitrogen and oxygen atoms in total. The van der Waals surface area contributed by atoms with E-state index in [-0.39, 0.29) is 5.91 Å². The second kappa shape index (κ2) is 6.91. The van der Waals surface area contributed by atoms with Crippen LogP contribution in [0.2, 0.25) is 0 Å². The van der Waals surface area contributed by atoms with Crippen LogP contribution in [0.15, 0.2) is 42.7 Å². The van der Waals surface area contributed by atoms with E-state index in [0.29, 0.717) is 29.9 Å². The molecule has 28 heavy (non-hydrogen) atoms. The maximum absolute atomic E-state index is 12.1. The lowest BCUT2D eigenvalue weighted by atomic mass is 10.0. The summed E-state index contributed by atoms with van der Waals surface area (Å²) in [5.74, 6) is 5.99. The van der Waals surface area contributed by atoms with Crippen molar-refractivity contribution in [1.82, 2.24) is 19.9 Å². The summed E-state index contributed by atoms with van der Waals surface area (Å²) in [4.78, 5) is 26.7. The summed E-state index contributed by atoms with van der Waals surface area (Å²) in [6.45, 7) is 0.501. The molecule has 1 amide bonds. The third kappa shape index (κ3) is 3.15. The van der Waals surface area contributed by atoms with Gasteiger partial charge in [-0.25, -0.2) is 15.0 Å². The third-order valence-corrected chi connectivity index (χ3v) is 4.80. The standard InChI is InChI=1S/C21H19N5O2/c1-22-19-18-17(23-13-24-19)7-6-16(25-18)15-5-3-4-14(12-15)8-9-21(28)10-11-26(2)20(21)27/h3-7,12-13,28H,10-11H2,1-2H3,(H,22,23,24)/t21-/m0/s1. The van der Waals surface area contributed by atoms with Crippen LogP contribution in [0.1, 0.15) is 12.0 Å². The van der Waals surface area contributed by atoms with E-state index < -0.39 is 5.60 Å². The van der Waals surface area contributed by atoms with E-state index >= 15 is 0 Å². The third-order valence-electron chi connectivity index (χ3n) is 4.80. The highest BCUT2D eigenvalue weighted by atomic mass is 16.3. The molecule has 7 heteroatoms. The van der Waals surface area contributed by atoms with Crippen LogP contribution in [0.25, 0.3) is 22.3 Å². The molecule has 0 unspecified atom stereocenters. The average molecular weight is 373 g/mol. The Morgan fingerprint density at radius 2 is 2.11 bits per heavy atom. The van der Waals surface area contributed by atoms with Crippen molar-refractivity contribution in [2.24, 2.45) is 0 Å². The van der Waals surface area contributed by atoms with Gasteiger partial charge in [0.2, 0.25) is 5.60 Å². The fourth-order valence-electron chi connectivity index (χ4n) is 3.19. The van der Waals surface area contributed by atoms with Crippen LogP contribution >= 0.6 is 0 Å². The molecule has 0 bridgehead atoms. The number of aromatic nitrogens is 3. The Morgan fingerprint density at radius 1 is 1.25 bits per heavy atom. The summed E-state index contributed by atoms with van der Waals surface area (Å²) in [5, 5.41) is 13.5. The van der Waals surface area contributed by atoms with Gasteiger partial charge in [0.05, 0.1) is 11.2 Å². The number of likely N-dealkylation sites (tertiary alicyclic amines) is 1. The molecule has 4 rings (SSSR count). The van der Waals surface area contributed by atoms with Crippen molar-refractivity contribution in [2.45, 2.75) is 12.0 Å². The number of amides is 1. The van der Waals surface area contributed by atoms with Crippen LogP contribution < -0.4 is 5.32 Å². The Balaban J connectivity index is 1.70. The monoisotopic (exact) mass is 373 g/mol. The van der Waals surface area contributed by atoms with E-state index in [1.807, 2.05) is 36.4 Å². The van der Waals surface area contributed by atoms with Gasteiger partial charge in [0.15, 0.2) is 5.82 Å². The Kier molecular flexibility index (Phi) is 4.41. The number of nitrogens with one attached hydrogen (secondary N) is 1. The fourth-order valence-corrected chi connectivity index (χ4v) is 3.19. The Bertz CT molecular complexity index is 1130. The van der Waals surface area contributed by atoms with E-state index in [0.717, 1.165) is 16.8 Å². The minimum Gasteiger partial charge on any atom is -0.371 e. The number of rotatable bonds is 2. The van der Waals surface area contributed by atoms with Crippen LogP contribution in [-0.2, 0) is 4.79 Å². The zero-order valence-corrected chi connectivity index (χ0v) is 15.6. The molecule has 3 aromatic rings. The second-order valence-electron chi connectivity index (χ2n) is 6.70. The average Bonchev–Trinajstić information content (AvgIpc) is 2.99. The summed E-state index contributed by atoms with van der Waals surface area (Å²) >= 11 is 0. The lowest BCUT2D eigenvalue weighted by Crippen LogP contribution is -2.37. The number of hydrogen-bond acceptors (Lipinski definition) is 6. The Labute approximate surface area is 162 Å². The van der Waals surface area contributed by atoms with E-state index in [1.54, 1.807) is 14.1 Å². The smallest absolute Gasteiger partial charge is 0.267 e. The number of hydrogen-bond donors (Lipinski definition) is 2. The molecule has 2 aromatic heterocycles. The van der Waals surface area contributed by atoms with Crippen molar-refractivity contribution in [3.63, 3.8) is 0 Å². The highest BCUT2D eigenvalue weighted by molar-refractivity contribution is 5.90. The number of benzene rings is 1. The molecule has 1 saturated heterocycles. The number of carbonyl (C=O) groups is 1. The maximum Gasteiger partial charge on any atom is 0.267 e. The van der Waals surface area contributed by atoms with Crippen LogP contribution in [0, 0.1) is 11.8 Å². The van der Waals surface area contributed by atoms with Crippen molar-refractivity contribution < 1.29 is 9.90 Å². The van der Waals surface area contributed by atoms with Gasteiger partial charge in [-0.15, -0.1) is 0 Å². The van der Waals surface area contributed by atoms with Crippen LogP contribution in [0.4, 0.5) is 5.82 Å². The normalized spacial score (nSPS) is 18.8. The molecule has 1 aliphatic rings. The van der Waals surface area contributed by atoms with E-state index in [9.17, 15) is 9.90 Å². The molecule has 0 spiro atoms. The molecule has 1 aromatic carbocycles. The van der Waals surface area contributed by atoms with Gasteiger partial charge in [-0.1, -0.05) is 24.0 Å². The van der Waals surface area contributed by atoms with Gasteiger partial charge in [0.25, 0.3) is 5.91 Å². The molecule has 3 heterocycles. The zero-order valence-electron chi connectivity index (χ0n) is 15.6. The quantitative estimate of drug-likeness (QED) is 0.664. The van der Waals surface area contributed by atoms with Crippen LogP contribution in [0.5, 0.6) is 0 Å². The van der Waals surface area contributed by atoms with Crippen LogP contribution in [0.3, 0.4) is 0 Å². The van der Waals surface area contributed by atoms with Gasteiger partial charge in [-0.2, -0.15) is 0 Å². The predicted octanol–water partition coefficient (Wildman–Crippen LogP) is 1.68. The fraction of sp³-hybridized carbons (Fsp3) is 0.238. The summed E-state index contributed by atoms with van der Waals surface area (Å²) in [6.07, 6.45) is 1.81. The summed E-state index contributed by atoms with van der Waals surface area (Å²) < 4.78 is 0. The number of aliphatic hydroxyl groups is 1. The zero-order chi connectivity index (χ0) is 19.7. The summed E-state index contributed by atoms with van der Waals surface area (Å²) in [6, 6.07) is 11.3. The number of carbonyl (C=O) groups excluding carboxylic acids is 1. The molecule has 140 valence electrons. The van der Waals surface area contributed by atoms with E-state index in [2.05, 4.69) is 32.1 Å². The highest BCUT2D eigenvalue weighted by Crippen LogP contribution is 2.24. The van der Waals surface area contributed by atoms with Crippen molar-refractivity contribution in [2.75, 3.05) is 26.0 Å². The van der Waals surface area contributed by atoms with Crippen LogP contribution in [-0.4, -0.2) is 57.1 Å². The first-order valence-corrected chi connectivity index (χ1v) is 8.91. The number of fused-ring (bicyclic) bond motifs is 1. The minimum absolute atomic E-state index is 0.314. The molecule has 1 atom stereocenters. The molecule has 0 saturated carbocycles.